The first kappa shape index (κ1) is 13.5. The highest BCUT2D eigenvalue weighted by atomic mass is 79.9. The van der Waals surface area contributed by atoms with E-state index >= 15 is 0 Å². The van der Waals surface area contributed by atoms with Gasteiger partial charge in [0.05, 0.1) is 16.9 Å². The molecule has 0 saturated carbocycles. The number of hydrogen-bond donors (Lipinski definition) is 2. The van der Waals surface area contributed by atoms with E-state index in [2.05, 4.69) is 31.2 Å². The molecule has 19 heavy (non-hydrogen) atoms. The number of aromatic nitrogens is 2. The fourth-order valence-corrected chi connectivity index (χ4v) is 1.94. The first-order chi connectivity index (χ1) is 8.97. The topological polar surface area (TPSA) is 75.1 Å². The number of carbonyl (C=O) groups is 1. The maximum atomic E-state index is 10.9. The third-order valence-corrected chi connectivity index (χ3v) is 3.27. The van der Waals surface area contributed by atoms with Gasteiger partial charge in [0.2, 0.25) is 5.95 Å². The predicted octanol–water partition coefficient (Wildman–Crippen LogP) is 3.30. The van der Waals surface area contributed by atoms with E-state index in [-0.39, 0.29) is 5.56 Å². The molecular formula is C13H12BrN3O2. The second kappa shape index (κ2) is 5.36. The molecule has 0 aliphatic rings. The summed E-state index contributed by atoms with van der Waals surface area (Å²) in [5.74, 6) is -0.658. The van der Waals surface area contributed by atoms with Gasteiger partial charge in [0, 0.05) is 10.7 Å². The Morgan fingerprint density at radius 2 is 2.11 bits per heavy atom. The molecule has 0 unspecified atom stereocenters. The number of aryl methyl sites for hydroxylation is 2. The van der Waals surface area contributed by atoms with E-state index in [1.165, 1.54) is 6.20 Å². The van der Waals surface area contributed by atoms with E-state index in [4.69, 9.17) is 5.11 Å². The standard InChI is InChI=1S/C13H12BrN3O2/c1-7-3-4-10(14)11(5-7)17-13-15-6-9(12(18)19)8(2)16-13/h3-6H,1-2H3,(H,18,19)(H,15,16,17). The number of halogens is 1. The summed E-state index contributed by atoms with van der Waals surface area (Å²) in [5, 5.41) is 12.0. The second-order valence-electron chi connectivity index (χ2n) is 4.11. The molecule has 0 bridgehead atoms. The average Bonchev–Trinajstić information content (AvgIpc) is 2.33. The first-order valence-corrected chi connectivity index (χ1v) is 6.37. The molecule has 1 aromatic carbocycles. The monoisotopic (exact) mass is 321 g/mol. The third-order valence-electron chi connectivity index (χ3n) is 2.58. The molecule has 0 radical (unpaired) electrons. The van der Waals surface area contributed by atoms with Crippen molar-refractivity contribution < 1.29 is 9.90 Å². The van der Waals surface area contributed by atoms with Gasteiger partial charge in [0.1, 0.15) is 0 Å². The zero-order valence-corrected chi connectivity index (χ0v) is 12.0. The number of aromatic carboxylic acids is 1. The molecular weight excluding hydrogens is 310 g/mol. The maximum Gasteiger partial charge on any atom is 0.339 e. The van der Waals surface area contributed by atoms with Gasteiger partial charge in [0.15, 0.2) is 0 Å². The van der Waals surface area contributed by atoms with Crippen LogP contribution >= 0.6 is 15.9 Å². The molecule has 0 atom stereocenters. The Hall–Kier alpha value is -1.95. The van der Waals surface area contributed by atoms with Crippen LogP contribution in [-0.2, 0) is 0 Å². The molecule has 0 spiro atoms. The number of hydrogen-bond acceptors (Lipinski definition) is 4. The Kier molecular flexibility index (Phi) is 3.80. The first-order valence-electron chi connectivity index (χ1n) is 5.57. The highest BCUT2D eigenvalue weighted by Gasteiger charge is 2.10. The number of carboxylic acids is 1. The molecule has 0 fully saturated rings. The van der Waals surface area contributed by atoms with Crippen molar-refractivity contribution in [3.8, 4) is 0 Å². The van der Waals surface area contributed by atoms with Crippen LogP contribution in [0.2, 0.25) is 0 Å². The summed E-state index contributed by atoms with van der Waals surface area (Å²) in [5.41, 5.74) is 2.47. The fraction of sp³-hybridized carbons (Fsp3) is 0.154. The van der Waals surface area contributed by atoms with E-state index in [0.717, 1.165) is 15.7 Å². The van der Waals surface area contributed by atoms with Gasteiger partial charge in [-0.2, -0.15) is 0 Å². The highest BCUT2D eigenvalue weighted by Crippen LogP contribution is 2.25. The summed E-state index contributed by atoms with van der Waals surface area (Å²) < 4.78 is 0.890. The van der Waals surface area contributed by atoms with Crippen molar-refractivity contribution in [3.63, 3.8) is 0 Å². The van der Waals surface area contributed by atoms with Gasteiger partial charge < -0.3 is 10.4 Å². The molecule has 2 rings (SSSR count). The molecule has 1 heterocycles. The van der Waals surface area contributed by atoms with Gasteiger partial charge in [-0.1, -0.05) is 6.07 Å². The van der Waals surface area contributed by atoms with Crippen molar-refractivity contribution in [1.82, 2.24) is 9.97 Å². The smallest absolute Gasteiger partial charge is 0.339 e. The van der Waals surface area contributed by atoms with Crippen LogP contribution in [0.15, 0.2) is 28.9 Å². The normalized spacial score (nSPS) is 10.3. The Labute approximate surface area is 118 Å². The number of anilines is 2. The Balaban J connectivity index is 2.31. The molecule has 2 N–H and O–H groups in total. The predicted molar refractivity (Wildman–Crippen MR) is 75.9 cm³/mol. The van der Waals surface area contributed by atoms with Gasteiger partial charge in [0.25, 0.3) is 0 Å². The second-order valence-corrected chi connectivity index (χ2v) is 4.96. The van der Waals surface area contributed by atoms with Crippen LogP contribution in [0.25, 0.3) is 0 Å². The summed E-state index contributed by atoms with van der Waals surface area (Å²) in [6, 6.07) is 5.86. The van der Waals surface area contributed by atoms with Gasteiger partial charge in [-0.25, -0.2) is 14.8 Å². The van der Waals surface area contributed by atoms with Crippen molar-refractivity contribution >= 4 is 33.5 Å². The number of nitrogens with zero attached hydrogens (tertiary/aromatic N) is 2. The van der Waals surface area contributed by atoms with Crippen molar-refractivity contribution in [2.45, 2.75) is 13.8 Å². The lowest BCUT2D eigenvalue weighted by Crippen LogP contribution is -2.06. The number of carboxylic acid groups (broad SMARTS) is 1. The van der Waals surface area contributed by atoms with Crippen LogP contribution in [0.3, 0.4) is 0 Å². The summed E-state index contributed by atoms with van der Waals surface area (Å²) in [6.07, 6.45) is 1.30. The van der Waals surface area contributed by atoms with E-state index in [1.807, 2.05) is 25.1 Å². The summed E-state index contributed by atoms with van der Waals surface area (Å²) in [6.45, 7) is 3.62. The van der Waals surface area contributed by atoms with Gasteiger partial charge in [-0.05, 0) is 47.5 Å². The third kappa shape index (κ3) is 3.08. The molecule has 0 aliphatic heterocycles. The molecule has 2 aromatic rings. The SMILES string of the molecule is Cc1ccc(Br)c(Nc2ncc(C(=O)O)c(C)n2)c1. The van der Waals surface area contributed by atoms with Crippen LogP contribution in [0, 0.1) is 13.8 Å². The highest BCUT2D eigenvalue weighted by molar-refractivity contribution is 9.10. The van der Waals surface area contributed by atoms with Crippen LogP contribution in [-0.4, -0.2) is 21.0 Å². The molecule has 0 aliphatic carbocycles. The molecule has 5 nitrogen and oxygen atoms in total. The number of benzene rings is 1. The Morgan fingerprint density at radius 1 is 1.37 bits per heavy atom. The molecule has 6 heteroatoms. The lowest BCUT2D eigenvalue weighted by molar-refractivity contribution is 0.0695. The Morgan fingerprint density at radius 3 is 2.74 bits per heavy atom. The molecule has 1 aromatic heterocycles. The van der Waals surface area contributed by atoms with Gasteiger partial charge in [-0.15, -0.1) is 0 Å². The quantitative estimate of drug-likeness (QED) is 0.907. The van der Waals surface area contributed by atoms with E-state index < -0.39 is 5.97 Å². The van der Waals surface area contributed by atoms with Crippen LogP contribution in [0.4, 0.5) is 11.6 Å². The maximum absolute atomic E-state index is 10.9. The van der Waals surface area contributed by atoms with Crippen LogP contribution < -0.4 is 5.32 Å². The largest absolute Gasteiger partial charge is 0.478 e. The van der Waals surface area contributed by atoms with Crippen LogP contribution in [0.5, 0.6) is 0 Å². The summed E-state index contributed by atoms with van der Waals surface area (Å²) >= 11 is 3.43. The minimum Gasteiger partial charge on any atom is -0.478 e. The summed E-state index contributed by atoms with van der Waals surface area (Å²) in [7, 11) is 0. The molecule has 0 amide bonds. The van der Waals surface area contributed by atoms with Gasteiger partial charge in [-0.3, -0.25) is 0 Å². The van der Waals surface area contributed by atoms with Crippen molar-refractivity contribution in [2.75, 3.05) is 5.32 Å². The fourth-order valence-electron chi connectivity index (χ4n) is 1.59. The summed E-state index contributed by atoms with van der Waals surface area (Å²) in [4.78, 5) is 19.0. The van der Waals surface area contributed by atoms with Crippen molar-refractivity contribution in [1.29, 1.82) is 0 Å². The van der Waals surface area contributed by atoms with Crippen LogP contribution in [0.1, 0.15) is 21.6 Å². The lowest BCUT2D eigenvalue weighted by atomic mass is 10.2. The lowest BCUT2D eigenvalue weighted by Gasteiger charge is -2.09. The van der Waals surface area contributed by atoms with Crippen molar-refractivity contribution in [3.05, 3.63) is 45.7 Å². The average molecular weight is 322 g/mol. The number of rotatable bonds is 3. The zero-order chi connectivity index (χ0) is 14.0. The zero-order valence-electron chi connectivity index (χ0n) is 10.4. The Bertz CT molecular complexity index is 644. The number of nitrogens with one attached hydrogen (secondary N) is 1. The van der Waals surface area contributed by atoms with E-state index in [0.29, 0.717) is 11.6 Å². The minimum absolute atomic E-state index is 0.105. The van der Waals surface area contributed by atoms with E-state index in [1.54, 1.807) is 6.92 Å². The molecule has 98 valence electrons. The van der Waals surface area contributed by atoms with Gasteiger partial charge >= 0.3 is 5.97 Å². The molecule has 0 saturated heterocycles. The van der Waals surface area contributed by atoms with E-state index in [9.17, 15) is 4.79 Å². The minimum atomic E-state index is -1.03. The van der Waals surface area contributed by atoms with Crippen molar-refractivity contribution in [2.24, 2.45) is 0 Å².